The summed E-state index contributed by atoms with van der Waals surface area (Å²) >= 11 is 0. The van der Waals surface area contributed by atoms with Gasteiger partial charge in [0.1, 0.15) is 24.6 Å². The highest BCUT2D eigenvalue weighted by Crippen LogP contribution is 2.66. The Bertz CT molecular complexity index is 1200. The van der Waals surface area contributed by atoms with Crippen LogP contribution in [0.2, 0.25) is 0 Å². The van der Waals surface area contributed by atoms with Crippen LogP contribution in [0, 0.1) is 41.4 Å². The van der Waals surface area contributed by atoms with Gasteiger partial charge in [-0.25, -0.2) is 4.68 Å². The van der Waals surface area contributed by atoms with Crippen molar-refractivity contribution in [3.8, 4) is 5.75 Å². The van der Waals surface area contributed by atoms with Gasteiger partial charge < -0.3 is 9.84 Å². The molecule has 1 aromatic carbocycles. The molecular formula is C31H41N3O3. The maximum atomic E-state index is 13.6. The first-order chi connectivity index (χ1) is 17.8. The molecule has 6 rings (SSSR count). The lowest BCUT2D eigenvalue weighted by atomic mass is 9.47. The molecule has 0 saturated heterocycles. The first-order valence-electron chi connectivity index (χ1n) is 14.2. The summed E-state index contributed by atoms with van der Waals surface area (Å²) in [4.78, 5) is 13.6. The molecule has 6 heteroatoms. The van der Waals surface area contributed by atoms with Crippen molar-refractivity contribution in [3.05, 3.63) is 53.4 Å². The van der Waals surface area contributed by atoms with E-state index in [1.165, 1.54) is 12.0 Å². The monoisotopic (exact) mass is 503 g/mol. The Morgan fingerprint density at radius 3 is 2.86 bits per heavy atom. The number of ketones is 1. The second kappa shape index (κ2) is 9.37. The third-order valence-electron chi connectivity index (χ3n) is 10.7. The Morgan fingerprint density at radius 2 is 2.03 bits per heavy atom. The topological polar surface area (TPSA) is 77.2 Å². The molecule has 0 bridgehead atoms. The lowest BCUT2D eigenvalue weighted by Crippen LogP contribution is -2.51. The van der Waals surface area contributed by atoms with Crippen LogP contribution in [0.15, 0.2) is 42.1 Å². The van der Waals surface area contributed by atoms with E-state index in [0.29, 0.717) is 30.1 Å². The molecule has 0 spiro atoms. The van der Waals surface area contributed by atoms with Gasteiger partial charge in [0, 0.05) is 5.92 Å². The number of aliphatic hydroxyl groups excluding tert-OH is 1. The van der Waals surface area contributed by atoms with Crippen LogP contribution in [0.3, 0.4) is 0 Å². The third-order valence-corrected chi connectivity index (χ3v) is 10.7. The third kappa shape index (κ3) is 4.35. The van der Waals surface area contributed by atoms with Crippen molar-refractivity contribution in [2.75, 3.05) is 0 Å². The van der Waals surface area contributed by atoms with Crippen LogP contribution in [0.4, 0.5) is 0 Å². The van der Waals surface area contributed by atoms with E-state index in [-0.39, 0.29) is 29.4 Å². The number of nitrogens with zero attached hydrogens (tertiary/aromatic N) is 3. The standard InChI is InChI=1S/C31H41N3O3/c1-20-5-4-6-24(15-20)37-19-22-17-34(33-32-22)18-29(36)28-10-9-26-25-8-7-21-16-23(35)11-13-30(21,2)27(25)12-14-31(26,28)3/h4-7,15,17,23,25-28,35H,8-14,16,18-19H2,1-3H3/t23-,25-,26-,27-,28+,30-,31-/m0/s1. The van der Waals surface area contributed by atoms with Crippen LogP contribution in [0.5, 0.6) is 5.75 Å². The van der Waals surface area contributed by atoms with Crippen molar-refractivity contribution in [2.45, 2.75) is 91.4 Å². The number of aromatic nitrogens is 3. The molecule has 0 aliphatic heterocycles. The minimum Gasteiger partial charge on any atom is -0.487 e. The van der Waals surface area contributed by atoms with Gasteiger partial charge in [-0.1, -0.05) is 42.8 Å². The number of aliphatic hydroxyl groups is 1. The smallest absolute Gasteiger partial charge is 0.157 e. The summed E-state index contributed by atoms with van der Waals surface area (Å²) in [5, 5.41) is 18.8. The Kier molecular flexibility index (Phi) is 6.29. The van der Waals surface area contributed by atoms with Gasteiger partial charge in [0.05, 0.1) is 12.3 Å². The van der Waals surface area contributed by atoms with Crippen LogP contribution in [0.25, 0.3) is 0 Å². The maximum Gasteiger partial charge on any atom is 0.157 e. The number of allylic oxidation sites excluding steroid dienone is 1. The summed E-state index contributed by atoms with van der Waals surface area (Å²) in [6.45, 7) is 7.54. The highest BCUT2D eigenvalue weighted by molar-refractivity contribution is 5.82. The van der Waals surface area contributed by atoms with Crippen LogP contribution in [-0.4, -0.2) is 32.0 Å². The van der Waals surface area contributed by atoms with Crippen molar-refractivity contribution < 1.29 is 14.6 Å². The molecule has 37 heavy (non-hydrogen) atoms. The Balaban J connectivity index is 1.11. The molecule has 1 N–H and O–H groups in total. The average Bonchev–Trinajstić information content (AvgIpc) is 3.46. The number of hydrogen-bond donors (Lipinski definition) is 1. The zero-order chi connectivity index (χ0) is 25.8. The van der Waals surface area contributed by atoms with Gasteiger partial charge in [-0.05, 0) is 105 Å². The largest absolute Gasteiger partial charge is 0.487 e. The molecule has 3 fully saturated rings. The second-order valence-corrected chi connectivity index (χ2v) is 12.8. The molecule has 1 aromatic heterocycles. The van der Waals surface area contributed by atoms with E-state index in [0.717, 1.165) is 62.0 Å². The maximum absolute atomic E-state index is 13.6. The van der Waals surface area contributed by atoms with E-state index < -0.39 is 0 Å². The Labute approximate surface area is 220 Å². The van der Waals surface area contributed by atoms with Gasteiger partial charge in [0.2, 0.25) is 0 Å². The first-order valence-corrected chi connectivity index (χ1v) is 14.2. The Hall–Kier alpha value is -2.47. The van der Waals surface area contributed by atoms with Gasteiger partial charge in [-0.15, -0.1) is 5.10 Å². The number of Topliss-reactive ketones (excluding diaryl/α,β-unsaturated/α-hetero) is 1. The van der Waals surface area contributed by atoms with Crippen molar-refractivity contribution in [2.24, 2.45) is 34.5 Å². The number of aryl methyl sites for hydroxylation is 1. The van der Waals surface area contributed by atoms with Crippen molar-refractivity contribution >= 4 is 5.78 Å². The van der Waals surface area contributed by atoms with E-state index in [2.05, 4.69) is 30.2 Å². The van der Waals surface area contributed by atoms with Crippen LogP contribution in [0.1, 0.15) is 76.5 Å². The molecule has 6 nitrogen and oxygen atoms in total. The quantitative estimate of drug-likeness (QED) is 0.514. The summed E-state index contributed by atoms with van der Waals surface area (Å²) in [7, 11) is 0. The van der Waals surface area contributed by atoms with E-state index in [4.69, 9.17) is 4.74 Å². The zero-order valence-electron chi connectivity index (χ0n) is 22.5. The van der Waals surface area contributed by atoms with E-state index in [1.807, 2.05) is 37.4 Å². The van der Waals surface area contributed by atoms with Crippen LogP contribution < -0.4 is 4.74 Å². The molecule has 1 heterocycles. The highest BCUT2D eigenvalue weighted by Gasteiger charge is 2.59. The normalized spacial score (nSPS) is 36.8. The fourth-order valence-electron chi connectivity index (χ4n) is 8.78. The lowest BCUT2D eigenvalue weighted by Gasteiger charge is -2.57. The van der Waals surface area contributed by atoms with E-state index >= 15 is 0 Å². The first kappa shape index (κ1) is 24.8. The molecule has 4 aliphatic carbocycles. The number of benzene rings is 1. The van der Waals surface area contributed by atoms with E-state index in [1.54, 1.807) is 4.68 Å². The van der Waals surface area contributed by atoms with Gasteiger partial charge >= 0.3 is 0 Å². The number of ether oxygens (including phenoxy) is 1. The summed E-state index contributed by atoms with van der Waals surface area (Å²) in [5.74, 6) is 3.18. The van der Waals surface area contributed by atoms with Crippen molar-refractivity contribution in [1.82, 2.24) is 15.0 Å². The zero-order valence-corrected chi connectivity index (χ0v) is 22.5. The van der Waals surface area contributed by atoms with Gasteiger partial charge in [0.15, 0.2) is 5.78 Å². The summed E-state index contributed by atoms with van der Waals surface area (Å²) in [6, 6.07) is 7.96. The molecule has 2 aromatic rings. The number of fused-ring (bicyclic) bond motifs is 5. The van der Waals surface area contributed by atoms with Crippen LogP contribution in [-0.2, 0) is 17.9 Å². The Morgan fingerprint density at radius 1 is 1.16 bits per heavy atom. The predicted molar refractivity (Wildman–Crippen MR) is 142 cm³/mol. The summed E-state index contributed by atoms with van der Waals surface area (Å²) in [5.41, 5.74) is 3.71. The van der Waals surface area contributed by atoms with E-state index in [9.17, 15) is 9.90 Å². The van der Waals surface area contributed by atoms with Crippen LogP contribution >= 0.6 is 0 Å². The number of hydrogen-bond acceptors (Lipinski definition) is 5. The summed E-state index contributed by atoms with van der Waals surface area (Å²) < 4.78 is 7.56. The minimum absolute atomic E-state index is 0.0752. The molecule has 198 valence electrons. The van der Waals surface area contributed by atoms with Crippen molar-refractivity contribution in [3.63, 3.8) is 0 Å². The average molecular weight is 504 g/mol. The molecule has 0 unspecified atom stereocenters. The molecule has 7 atom stereocenters. The van der Waals surface area contributed by atoms with Gasteiger partial charge in [-0.2, -0.15) is 0 Å². The van der Waals surface area contributed by atoms with Gasteiger partial charge in [-0.3, -0.25) is 4.79 Å². The SMILES string of the molecule is Cc1cccc(OCc2cn(CC(=O)[C@H]3CC[C@H]4[C@@H]5CC=C6C[C@@H](O)CC[C@]6(C)[C@H]5CC[C@]34C)nn2)c1. The number of rotatable bonds is 6. The molecule has 0 radical (unpaired) electrons. The summed E-state index contributed by atoms with van der Waals surface area (Å²) in [6.07, 6.45) is 12.7. The fraction of sp³-hybridized carbons (Fsp3) is 0.645. The second-order valence-electron chi connectivity index (χ2n) is 12.8. The van der Waals surface area contributed by atoms with Gasteiger partial charge in [0.25, 0.3) is 0 Å². The number of carbonyl (C=O) groups is 1. The van der Waals surface area contributed by atoms with Crippen molar-refractivity contribution in [1.29, 1.82) is 0 Å². The number of carbonyl (C=O) groups excluding carboxylic acids is 1. The molecular weight excluding hydrogens is 462 g/mol. The predicted octanol–water partition coefficient (Wildman–Crippen LogP) is 5.67. The molecule has 3 saturated carbocycles. The molecule has 0 amide bonds. The minimum atomic E-state index is -0.162. The highest BCUT2D eigenvalue weighted by atomic mass is 16.5. The fourth-order valence-corrected chi connectivity index (χ4v) is 8.78. The molecule has 4 aliphatic rings. The lowest BCUT2D eigenvalue weighted by molar-refractivity contribution is -0.130.